The van der Waals surface area contributed by atoms with Crippen molar-refractivity contribution in [2.75, 3.05) is 26.7 Å². The third kappa shape index (κ3) is 3.59. The van der Waals surface area contributed by atoms with Gasteiger partial charge in [-0.3, -0.25) is 0 Å². The highest BCUT2D eigenvalue weighted by atomic mass is 32.1. The van der Waals surface area contributed by atoms with Gasteiger partial charge in [0.15, 0.2) is 0 Å². The average molecular weight is 280 g/mol. The Labute approximate surface area is 124 Å². The molecule has 0 aromatic heterocycles. The minimum Gasteiger partial charge on any atom is -0.372 e. The summed E-state index contributed by atoms with van der Waals surface area (Å²) in [6.45, 7) is 18.3. The van der Waals surface area contributed by atoms with Crippen LogP contribution in [0.2, 0.25) is 0 Å². The number of rotatable bonds is 6. The first-order valence-electron chi connectivity index (χ1n) is 7.17. The summed E-state index contributed by atoms with van der Waals surface area (Å²) < 4.78 is 0. The summed E-state index contributed by atoms with van der Waals surface area (Å²) in [5.41, 5.74) is 3.86. The molecule has 0 amide bonds. The fourth-order valence-electron chi connectivity index (χ4n) is 2.29. The number of thiocarbonyl (C=S) groups is 1. The van der Waals surface area contributed by atoms with Crippen LogP contribution < -0.4 is 0 Å². The van der Waals surface area contributed by atoms with Crippen LogP contribution in [0.15, 0.2) is 23.5 Å². The molecule has 0 heterocycles. The van der Waals surface area contributed by atoms with E-state index in [9.17, 15) is 0 Å². The fraction of sp³-hybridized carbons (Fsp3) is 0.688. The maximum Gasteiger partial charge on any atom is 0.0798 e. The van der Waals surface area contributed by atoms with Crippen LogP contribution in [-0.2, 0) is 0 Å². The number of nitrogens with zero attached hydrogens (tertiary/aromatic N) is 2. The maximum absolute atomic E-state index is 5.48. The second-order valence-corrected chi connectivity index (χ2v) is 6.82. The molecule has 0 bridgehead atoms. The van der Waals surface area contributed by atoms with Crippen LogP contribution in [-0.4, -0.2) is 41.3 Å². The molecule has 0 aromatic rings. The van der Waals surface area contributed by atoms with Gasteiger partial charge in [0, 0.05) is 32.3 Å². The Morgan fingerprint density at radius 2 is 1.63 bits per heavy atom. The minimum absolute atomic E-state index is 0.354. The predicted octanol–water partition coefficient (Wildman–Crippen LogP) is 3.85. The van der Waals surface area contributed by atoms with Crippen molar-refractivity contribution >= 4 is 17.1 Å². The lowest BCUT2D eigenvalue weighted by atomic mass is 9.89. The van der Waals surface area contributed by atoms with E-state index in [0.29, 0.717) is 5.41 Å². The van der Waals surface area contributed by atoms with E-state index in [1.165, 1.54) is 11.4 Å². The number of hydrogen-bond donors (Lipinski definition) is 0. The Kier molecular flexibility index (Phi) is 5.19. The molecule has 0 aromatic carbocycles. The van der Waals surface area contributed by atoms with Crippen LogP contribution >= 0.6 is 12.2 Å². The minimum atomic E-state index is 0.354. The van der Waals surface area contributed by atoms with E-state index in [1.54, 1.807) is 0 Å². The monoisotopic (exact) mass is 280 g/mol. The average Bonchev–Trinajstić information content (AvgIpc) is 2.34. The van der Waals surface area contributed by atoms with Crippen molar-refractivity contribution in [1.82, 2.24) is 9.80 Å². The van der Waals surface area contributed by atoms with Gasteiger partial charge in [-0.15, -0.1) is 0 Å². The summed E-state index contributed by atoms with van der Waals surface area (Å²) in [4.78, 5) is 5.59. The molecule has 0 spiro atoms. The maximum atomic E-state index is 5.48. The van der Waals surface area contributed by atoms with Crippen molar-refractivity contribution in [2.24, 2.45) is 5.41 Å². The topological polar surface area (TPSA) is 6.48 Å². The Morgan fingerprint density at radius 3 is 2.05 bits per heavy atom. The highest BCUT2D eigenvalue weighted by Crippen LogP contribution is 2.35. The van der Waals surface area contributed by atoms with E-state index in [-0.39, 0.29) is 0 Å². The van der Waals surface area contributed by atoms with Gasteiger partial charge in [0.05, 0.1) is 16.3 Å². The molecule has 1 aliphatic carbocycles. The van der Waals surface area contributed by atoms with E-state index in [2.05, 4.69) is 58.0 Å². The summed E-state index contributed by atoms with van der Waals surface area (Å²) >= 11 is 5.48. The standard InChI is InChI=1S/C16H28N2S/c1-8-18(9-2)13-12(3)15(19)14(13)17(7)11-10-16(4,5)6/h3,8-11H2,1-2,4-7H3. The van der Waals surface area contributed by atoms with Crippen LogP contribution in [0.3, 0.4) is 0 Å². The first-order valence-corrected chi connectivity index (χ1v) is 7.58. The van der Waals surface area contributed by atoms with Gasteiger partial charge < -0.3 is 9.80 Å². The van der Waals surface area contributed by atoms with E-state index in [1.807, 2.05) is 0 Å². The zero-order valence-corrected chi connectivity index (χ0v) is 14.2. The van der Waals surface area contributed by atoms with E-state index in [4.69, 9.17) is 12.2 Å². The normalized spacial score (nSPS) is 15.7. The van der Waals surface area contributed by atoms with E-state index < -0.39 is 0 Å². The largest absolute Gasteiger partial charge is 0.372 e. The smallest absolute Gasteiger partial charge is 0.0798 e. The van der Waals surface area contributed by atoms with Crippen LogP contribution in [0.5, 0.6) is 0 Å². The number of allylic oxidation sites excluding steroid dienone is 2. The highest BCUT2D eigenvalue weighted by Gasteiger charge is 2.33. The molecule has 0 saturated carbocycles. The first-order chi connectivity index (χ1) is 8.72. The molecule has 19 heavy (non-hydrogen) atoms. The SMILES string of the molecule is C=C1C(=S)C(N(C)CCC(C)(C)C)=C1N(CC)CC. The third-order valence-corrected chi connectivity index (χ3v) is 4.10. The van der Waals surface area contributed by atoms with Crippen molar-refractivity contribution in [3.8, 4) is 0 Å². The lowest BCUT2D eigenvalue weighted by molar-refractivity contribution is 0.295. The molecular weight excluding hydrogens is 252 g/mol. The molecule has 3 heteroatoms. The van der Waals surface area contributed by atoms with Gasteiger partial charge in [-0.05, 0) is 25.7 Å². The molecule has 0 N–H and O–H groups in total. The highest BCUT2D eigenvalue weighted by molar-refractivity contribution is 7.81. The molecule has 2 nitrogen and oxygen atoms in total. The van der Waals surface area contributed by atoms with Gasteiger partial charge in [-0.2, -0.15) is 0 Å². The van der Waals surface area contributed by atoms with Crippen molar-refractivity contribution in [2.45, 2.75) is 41.0 Å². The summed E-state index contributed by atoms with van der Waals surface area (Å²) in [7, 11) is 2.14. The van der Waals surface area contributed by atoms with Crippen molar-refractivity contribution in [3.63, 3.8) is 0 Å². The van der Waals surface area contributed by atoms with E-state index >= 15 is 0 Å². The fourth-order valence-corrected chi connectivity index (χ4v) is 2.64. The summed E-state index contributed by atoms with van der Waals surface area (Å²) in [5.74, 6) is 0. The Bertz CT molecular complexity index is 397. The molecule has 0 unspecified atom stereocenters. The van der Waals surface area contributed by atoms with Crippen LogP contribution in [0, 0.1) is 5.41 Å². The van der Waals surface area contributed by atoms with Gasteiger partial charge in [0.25, 0.3) is 0 Å². The summed E-state index contributed by atoms with van der Waals surface area (Å²) in [6, 6.07) is 0. The van der Waals surface area contributed by atoms with Gasteiger partial charge in [0.2, 0.25) is 0 Å². The molecular formula is C16H28N2S. The Morgan fingerprint density at radius 1 is 1.11 bits per heavy atom. The van der Waals surface area contributed by atoms with Crippen LogP contribution in [0.25, 0.3) is 0 Å². The molecule has 0 radical (unpaired) electrons. The molecule has 0 saturated heterocycles. The lowest BCUT2D eigenvalue weighted by Crippen LogP contribution is -2.41. The quantitative estimate of drug-likeness (QED) is 0.539. The second kappa shape index (κ2) is 6.08. The van der Waals surface area contributed by atoms with Crippen LogP contribution in [0.4, 0.5) is 0 Å². The summed E-state index contributed by atoms with van der Waals surface area (Å²) in [5, 5.41) is 0. The van der Waals surface area contributed by atoms with Crippen LogP contribution in [0.1, 0.15) is 41.0 Å². The van der Waals surface area contributed by atoms with Crippen molar-refractivity contribution < 1.29 is 0 Å². The van der Waals surface area contributed by atoms with Crippen molar-refractivity contribution in [1.29, 1.82) is 0 Å². The first kappa shape index (κ1) is 16.2. The molecule has 0 fully saturated rings. The van der Waals surface area contributed by atoms with Gasteiger partial charge in [-0.1, -0.05) is 39.6 Å². The van der Waals surface area contributed by atoms with Gasteiger partial charge in [-0.25, -0.2) is 0 Å². The predicted molar refractivity (Wildman–Crippen MR) is 88.4 cm³/mol. The molecule has 1 rings (SSSR count). The summed E-state index contributed by atoms with van der Waals surface area (Å²) in [6.07, 6.45) is 1.16. The zero-order chi connectivity index (χ0) is 14.8. The number of likely N-dealkylation sites (N-methyl/N-ethyl adjacent to an activating group) is 1. The Hall–Kier alpha value is -0.830. The van der Waals surface area contributed by atoms with E-state index in [0.717, 1.165) is 36.5 Å². The van der Waals surface area contributed by atoms with Gasteiger partial charge in [0.1, 0.15) is 0 Å². The molecule has 108 valence electrons. The van der Waals surface area contributed by atoms with Crippen molar-refractivity contribution in [3.05, 3.63) is 23.5 Å². The lowest BCUT2D eigenvalue weighted by Gasteiger charge is -2.40. The molecule has 1 aliphatic rings. The third-order valence-electron chi connectivity index (χ3n) is 3.66. The second-order valence-electron chi connectivity index (χ2n) is 6.41. The molecule has 0 atom stereocenters. The van der Waals surface area contributed by atoms with Gasteiger partial charge >= 0.3 is 0 Å². The number of hydrogen-bond acceptors (Lipinski definition) is 3. The molecule has 0 aliphatic heterocycles. The Balaban J connectivity index is 2.88. The zero-order valence-electron chi connectivity index (χ0n) is 13.3.